The van der Waals surface area contributed by atoms with Crippen LogP contribution in [0.1, 0.15) is 37.8 Å². The van der Waals surface area contributed by atoms with Crippen molar-refractivity contribution >= 4 is 29.2 Å². The minimum Gasteiger partial charge on any atom is -0.487 e. The quantitative estimate of drug-likeness (QED) is 0.565. The second kappa shape index (κ2) is 8.57. The minimum absolute atomic E-state index is 0.281. The molecule has 1 saturated heterocycles. The van der Waals surface area contributed by atoms with Crippen LogP contribution in [0.15, 0.2) is 54.9 Å². The molecule has 2 fully saturated rings. The highest BCUT2D eigenvalue weighted by Crippen LogP contribution is 2.33. The molecule has 4 amide bonds. The van der Waals surface area contributed by atoms with Gasteiger partial charge in [-0.1, -0.05) is 31.4 Å². The normalized spacial score (nSPS) is 17.4. The number of carbonyl (C=O) groups excluding carboxylic acids is 3. The molecule has 2 aromatic heterocycles. The number of nitrogens with zero attached hydrogens (tertiary/aromatic N) is 3. The molecule has 0 atom stereocenters. The van der Waals surface area contributed by atoms with Gasteiger partial charge in [-0.15, -0.1) is 0 Å². The number of nitrogens with one attached hydrogen (secondary N) is 2. The lowest BCUT2D eigenvalue weighted by atomic mass is 9.82. The number of carbonyl (C=O) groups is 3. The lowest BCUT2D eigenvalue weighted by Gasteiger charge is -2.30. The highest BCUT2D eigenvalue weighted by molar-refractivity contribution is 6.10. The average molecular weight is 447 g/mol. The van der Waals surface area contributed by atoms with Crippen LogP contribution < -0.4 is 15.4 Å². The van der Waals surface area contributed by atoms with Crippen molar-refractivity contribution in [2.45, 2.75) is 44.2 Å². The lowest BCUT2D eigenvalue weighted by molar-refractivity contribution is -0.134. The molecule has 170 valence electrons. The first kappa shape index (κ1) is 21.0. The van der Waals surface area contributed by atoms with E-state index in [1.165, 1.54) is 0 Å². The van der Waals surface area contributed by atoms with Gasteiger partial charge in [-0.3, -0.25) is 14.5 Å². The van der Waals surface area contributed by atoms with Gasteiger partial charge in [0, 0.05) is 24.1 Å². The van der Waals surface area contributed by atoms with E-state index in [4.69, 9.17) is 4.74 Å². The van der Waals surface area contributed by atoms with E-state index in [0.29, 0.717) is 24.3 Å². The summed E-state index contributed by atoms with van der Waals surface area (Å²) >= 11 is 0. The number of pyridine rings is 1. The third kappa shape index (κ3) is 4.26. The van der Waals surface area contributed by atoms with Gasteiger partial charge in [-0.25, -0.2) is 9.78 Å². The van der Waals surface area contributed by atoms with Gasteiger partial charge in [-0.2, -0.15) is 0 Å². The third-order valence-electron chi connectivity index (χ3n) is 6.17. The number of hydrogen-bond acceptors (Lipinski definition) is 5. The highest BCUT2D eigenvalue weighted by atomic mass is 16.5. The SMILES string of the molecule is O=C(CN1C(=O)NC2(CCCCC2)C1=O)Nc1cccc(OCc2cn3ccccc3n2)c1. The van der Waals surface area contributed by atoms with Gasteiger partial charge in [0.25, 0.3) is 5.91 Å². The molecule has 1 spiro atoms. The summed E-state index contributed by atoms with van der Waals surface area (Å²) < 4.78 is 7.75. The van der Waals surface area contributed by atoms with Crippen LogP contribution in [0.3, 0.4) is 0 Å². The summed E-state index contributed by atoms with van der Waals surface area (Å²) in [6, 6.07) is 12.2. The fourth-order valence-electron chi connectivity index (χ4n) is 4.54. The van der Waals surface area contributed by atoms with Crippen molar-refractivity contribution < 1.29 is 19.1 Å². The Hall–Kier alpha value is -3.88. The molecular formula is C24H25N5O4. The molecule has 2 aliphatic rings. The molecule has 1 aliphatic heterocycles. The van der Waals surface area contributed by atoms with Crippen LogP contribution in [0.2, 0.25) is 0 Å². The van der Waals surface area contributed by atoms with E-state index in [2.05, 4.69) is 15.6 Å². The minimum atomic E-state index is -0.832. The number of hydrogen-bond donors (Lipinski definition) is 2. The van der Waals surface area contributed by atoms with E-state index in [1.54, 1.807) is 24.3 Å². The molecular weight excluding hydrogens is 422 g/mol. The van der Waals surface area contributed by atoms with Gasteiger partial charge >= 0.3 is 6.03 Å². The standard InChI is InChI=1S/C24H25N5O4/c30-21(15-29-22(31)24(27-23(29)32)10-3-1-4-11-24)26-17-7-6-8-19(13-17)33-16-18-14-28-12-5-2-9-20(28)25-18/h2,5-9,12-14H,1,3-4,10-11,15-16H2,(H,26,30)(H,27,32). The van der Waals surface area contributed by atoms with E-state index >= 15 is 0 Å². The van der Waals surface area contributed by atoms with Crippen molar-refractivity contribution in [1.82, 2.24) is 19.6 Å². The van der Waals surface area contributed by atoms with Crippen molar-refractivity contribution in [3.05, 3.63) is 60.6 Å². The van der Waals surface area contributed by atoms with Gasteiger partial charge in [0.1, 0.15) is 30.1 Å². The molecule has 3 aromatic rings. The van der Waals surface area contributed by atoms with Crippen LogP contribution in [-0.4, -0.2) is 44.2 Å². The van der Waals surface area contributed by atoms with Crippen LogP contribution in [-0.2, 0) is 16.2 Å². The first-order valence-electron chi connectivity index (χ1n) is 11.1. The molecule has 9 heteroatoms. The second-order valence-electron chi connectivity index (χ2n) is 8.53. The van der Waals surface area contributed by atoms with E-state index in [0.717, 1.165) is 35.5 Å². The second-order valence-corrected chi connectivity index (χ2v) is 8.53. The Morgan fingerprint density at radius 1 is 1.12 bits per heavy atom. The zero-order valence-corrected chi connectivity index (χ0v) is 18.1. The number of anilines is 1. The van der Waals surface area contributed by atoms with Crippen LogP contribution in [0.4, 0.5) is 10.5 Å². The fourth-order valence-corrected chi connectivity index (χ4v) is 4.54. The van der Waals surface area contributed by atoms with Crippen LogP contribution in [0.5, 0.6) is 5.75 Å². The van der Waals surface area contributed by atoms with Crippen molar-refractivity contribution in [3.63, 3.8) is 0 Å². The number of imide groups is 1. The molecule has 1 aliphatic carbocycles. The first-order chi connectivity index (χ1) is 16.0. The van der Waals surface area contributed by atoms with E-state index in [-0.39, 0.29) is 19.1 Å². The summed E-state index contributed by atoms with van der Waals surface area (Å²) in [4.78, 5) is 43.3. The summed E-state index contributed by atoms with van der Waals surface area (Å²) in [7, 11) is 0. The Morgan fingerprint density at radius 3 is 2.79 bits per heavy atom. The number of rotatable bonds is 6. The maximum absolute atomic E-state index is 12.9. The van der Waals surface area contributed by atoms with Gasteiger partial charge in [0.05, 0.1) is 5.69 Å². The van der Waals surface area contributed by atoms with Gasteiger partial charge < -0.3 is 19.8 Å². The molecule has 9 nitrogen and oxygen atoms in total. The number of benzene rings is 1. The van der Waals surface area contributed by atoms with Crippen molar-refractivity contribution in [2.75, 3.05) is 11.9 Å². The molecule has 1 aromatic carbocycles. The monoisotopic (exact) mass is 447 g/mol. The number of imidazole rings is 1. The van der Waals surface area contributed by atoms with Gasteiger partial charge in [-0.05, 0) is 37.1 Å². The van der Waals surface area contributed by atoms with Crippen molar-refractivity contribution in [3.8, 4) is 5.75 Å². The van der Waals surface area contributed by atoms with Crippen molar-refractivity contribution in [2.24, 2.45) is 0 Å². The maximum atomic E-state index is 12.9. The molecule has 0 unspecified atom stereocenters. The summed E-state index contributed by atoms with van der Waals surface area (Å²) in [5.74, 6) is -0.170. The maximum Gasteiger partial charge on any atom is 0.325 e. The third-order valence-corrected chi connectivity index (χ3v) is 6.17. The predicted octanol–water partition coefficient (Wildman–Crippen LogP) is 3.11. The highest BCUT2D eigenvalue weighted by Gasteiger charge is 2.51. The molecule has 0 radical (unpaired) electrons. The fraction of sp³-hybridized carbons (Fsp3) is 0.333. The molecule has 33 heavy (non-hydrogen) atoms. The Morgan fingerprint density at radius 2 is 1.97 bits per heavy atom. The molecule has 0 bridgehead atoms. The van der Waals surface area contributed by atoms with Crippen LogP contribution >= 0.6 is 0 Å². The Bertz CT molecular complexity index is 1180. The average Bonchev–Trinajstić information content (AvgIpc) is 3.33. The number of fused-ring (bicyclic) bond motifs is 1. The number of aromatic nitrogens is 2. The van der Waals surface area contributed by atoms with Crippen LogP contribution in [0.25, 0.3) is 5.65 Å². The number of ether oxygens (including phenoxy) is 1. The smallest absolute Gasteiger partial charge is 0.325 e. The molecule has 1 saturated carbocycles. The topological polar surface area (TPSA) is 105 Å². The molecule has 5 rings (SSSR count). The largest absolute Gasteiger partial charge is 0.487 e. The van der Waals surface area contributed by atoms with Gasteiger partial charge in [0.15, 0.2) is 0 Å². The summed E-state index contributed by atoms with van der Waals surface area (Å²) in [6.45, 7) is -0.0393. The zero-order chi connectivity index (χ0) is 22.8. The summed E-state index contributed by atoms with van der Waals surface area (Å²) in [5.41, 5.74) is 1.31. The first-order valence-corrected chi connectivity index (χ1v) is 11.1. The number of urea groups is 1. The molecule has 3 heterocycles. The Balaban J connectivity index is 1.19. The van der Waals surface area contributed by atoms with E-state index in [1.807, 2.05) is 35.0 Å². The van der Waals surface area contributed by atoms with E-state index in [9.17, 15) is 14.4 Å². The Labute approximate surface area is 190 Å². The molecule has 2 N–H and O–H groups in total. The van der Waals surface area contributed by atoms with Crippen LogP contribution in [0, 0.1) is 0 Å². The Kier molecular flexibility index (Phi) is 5.45. The van der Waals surface area contributed by atoms with Crippen molar-refractivity contribution in [1.29, 1.82) is 0 Å². The van der Waals surface area contributed by atoms with E-state index < -0.39 is 17.5 Å². The predicted molar refractivity (Wildman–Crippen MR) is 121 cm³/mol. The summed E-state index contributed by atoms with van der Waals surface area (Å²) in [6.07, 6.45) is 7.92. The number of amides is 4. The lowest BCUT2D eigenvalue weighted by Crippen LogP contribution is -2.48. The van der Waals surface area contributed by atoms with Gasteiger partial charge in [0.2, 0.25) is 5.91 Å². The zero-order valence-electron chi connectivity index (χ0n) is 18.1. The summed E-state index contributed by atoms with van der Waals surface area (Å²) in [5, 5.41) is 5.57.